The first-order chi connectivity index (χ1) is 31.2. The summed E-state index contributed by atoms with van der Waals surface area (Å²) in [6.07, 6.45) is 78.3. The standard InChI is InChI=1S/C59H104O4/c1-3-5-7-9-11-13-15-17-19-21-23-25-27-29-31-33-35-37-39-41-43-45-47-49-51-53-55-62-57-58(56-60)63-59(61)54-52-50-48-46-44-42-40-38-36-34-32-30-28-26-24-22-20-18-16-14-12-10-8-6-4-2/h5,7,11,13,16-19,22-25,29,31,58,60H,3-4,6,8-10,12,14-15,20-21,26-28,30,32-57H2,1-2H3/b7-5-,13-11-,18-16-,19-17-,24-22-,25-23-,31-29-. The van der Waals surface area contributed by atoms with Crippen molar-refractivity contribution in [2.45, 2.75) is 264 Å². The molecular weight excluding hydrogens is 773 g/mol. The van der Waals surface area contributed by atoms with Crippen LogP contribution >= 0.6 is 0 Å². The molecule has 0 radical (unpaired) electrons. The Morgan fingerprint density at radius 2 is 0.714 bits per heavy atom. The molecule has 1 N–H and O–H groups in total. The van der Waals surface area contributed by atoms with E-state index in [1.807, 2.05) is 0 Å². The second-order valence-electron chi connectivity index (χ2n) is 17.9. The molecule has 0 saturated carbocycles. The van der Waals surface area contributed by atoms with Crippen molar-refractivity contribution in [3.63, 3.8) is 0 Å². The molecule has 1 atom stereocenters. The maximum atomic E-state index is 12.3. The minimum Gasteiger partial charge on any atom is -0.457 e. The van der Waals surface area contributed by atoms with E-state index in [1.165, 1.54) is 180 Å². The topological polar surface area (TPSA) is 55.8 Å². The van der Waals surface area contributed by atoms with Crippen LogP contribution in [0.15, 0.2) is 85.1 Å². The van der Waals surface area contributed by atoms with E-state index in [0.29, 0.717) is 19.6 Å². The lowest BCUT2D eigenvalue weighted by atomic mass is 10.0. The summed E-state index contributed by atoms with van der Waals surface area (Å²) in [5.41, 5.74) is 0. The van der Waals surface area contributed by atoms with Gasteiger partial charge in [0.05, 0.1) is 13.2 Å². The number of carbonyl (C=O) groups is 1. The molecule has 0 aliphatic heterocycles. The highest BCUT2D eigenvalue weighted by Crippen LogP contribution is 2.15. The van der Waals surface area contributed by atoms with E-state index in [2.05, 4.69) is 98.9 Å². The summed E-state index contributed by atoms with van der Waals surface area (Å²) in [5, 5.41) is 9.67. The van der Waals surface area contributed by atoms with Gasteiger partial charge in [-0.1, -0.05) is 247 Å². The SMILES string of the molecule is CC/C=C\C/C=C\C/C=C\C/C=C\C/C=C\CCCCCCCCCCCCOCC(CO)OC(=O)CCCCCCCCCCCCCCC/C=C\C/C=C\CCCCCCC. The smallest absolute Gasteiger partial charge is 0.306 e. The summed E-state index contributed by atoms with van der Waals surface area (Å²) in [7, 11) is 0. The number of rotatable bonds is 50. The number of aliphatic hydroxyl groups is 1. The molecule has 0 aromatic rings. The van der Waals surface area contributed by atoms with E-state index < -0.39 is 6.10 Å². The fraction of sp³-hybridized carbons (Fsp3) is 0.746. The van der Waals surface area contributed by atoms with Gasteiger partial charge in [0.2, 0.25) is 0 Å². The molecule has 0 aliphatic rings. The van der Waals surface area contributed by atoms with Gasteiger partial charge < -0.3 is 14.6 Å². The Kier molecular flexibility index (Phi) is 53.6. The van der Waals surface area contributed by atoms with Crippen LogP contribution in [0.3, 0.4) is 0 Å². The lowest BCUT2D eigenvalue weighted by molar-refractivity contribution is -0.154. The van der Waals surface area contributed by atoms with E-state index in [0.717, 1.165) is 57.8 Å². The highest BCUT2D eigenvalue weighted by Gasteiger charge is 2.13. The monoisotopic (exact) mass is 877 g/mol. The van der Waals surface area contributed by atoms with E-state index in [1.54, 1.807) is 0 Å². The lowest BCUT2D eigenvalue weighted by Crippen LogP contribution is -2.27. The average molecular weight is 877 g/mol. The van der Waals surface area contributed by atoms with Crippen molar-refractivity contribution in [3.05, 3.63) is 85.1 Å². The van der Waals surface area contributed by atoms with E-state index in [9.17, 15) is 9.90 Å². The van der Waals surface area contributed by atoms with Crippen LogP contribution in [0.25, 0.3) is 0 Å². The Labute approximate surface area is 392 Å². The van der Waals surface area contributed by atoms with Gasteiger partial charge >= 0.3 is 5.97 Å². The first kappa shape index (κ1) is 60.6. The van der Waals surface area contributed by atoms with Crippen molar-refractivity contribution in [1.29, 1.82) is 0 Å². The molecule has 0 rings (SSSR count). The summed E-state index contributed by atoms with van der Waals surface area (Å²) in [6.45, 7) is 5.23. The number of hydrogen-bond donors (Lipinski definition) is 1. The van der Waals surface area contributed by atoms with Crippen molar-refractivity contribution in [3.8, 4) is 0 Å². The van der Waals surface area contributed by atoms with Crippen LogP contribution in [-0.2, 0) is 14.3 Å². The Hall–Kier alpha value is -2.43. The summed E-state index contributed by atoms with van der Waals surface area (Å²) in [6, 6.07) is 0. The number of aliphatic hydroxyl groups excluding tert-OH is 1. The second-order valence-corrected chi connectivity index (χ2v) is 17.9. The highest BCUT2D eigenvalue weighted by atomic mass is 16.6. The fourth-order valence-corrected chi connectivity index (χ4v) is 7.68. The number of allylic oxidation sites excluding steroid dienone is 14. The Morgan fingerprint density at radius 1 is 0.397 bits per heavy atom. The number of unbranched alkanes of at least 4 members (excludes halogenated alkanes) is 28. The Balaban J connectivity index is 3.43. The third kappa shape index (κ3) is 53.8. The largest absolute Gasteiger partial charge is 0.457 e. The van der Waals surface area contributed by atoms with E-state index >= 15 is 0 Å². The molecule has 0 aromatic carbocycles. The van der Waals surface area contributed by atoms with Gasteiger partial charge in [-0.15, -0.1) is 0 Å². The molecule has 0 heterocycles. The van der Waals surface area contributed by atoms with Crippen LogP contribution in [0.4, 0.5) is 0 Å². The first-order valence-electron chi connectivity index (χ1n) is 27.2. The second kappa shape index (κ2) is 55.7. The minimum absolute atomic E-state index is 0.176. The van der Waals surface area contributed by atoms with E-state index in [4.69, 9.17) is 9.47 Å². The van der Waals surface area contributed by atoms with Crippen molar-refractivity contribution < 1.29 is 19.4 Å². The normalized spacial score (nSPS) is 13.0. The third-order valence-corrected chi connectivity index (χ3v) is 11.7. The van der Waals surface area contributed by atoms with Crippen LogP contribution in [0.2, 0.25) is 0 Å². The Morgan fingerprint density at radius 3 is 1.08 bits per heavy atom. The molecule has 0 fully saturated rings. The first-order valence-corrected chi connectivity index (χ1v) is 27.2. The van der Waals surface area contributed by atoms with Crippen molar-refractivity contribution in [1.82, 2.24) is 0 Å². The molecule has 0 saturated heterocycles. The fourth-order valence-electron chi connectivity index (χ4n) is 7.68. The minimum atomic E-state index is -0.543. The highest BCUT2D eigenvalue weighted by molar-refractivity contribution is 5.69. The zero-order valence-electron chi connectivity index (χ0n) is 41.8. The molecule has 364 valence electrons. The third-order valence-electron chi connectivity index (χ3n) is 11.7. The summed E-state index contributed by atoms with van der Waals surface area (Å²) in [4.78, 5) is 12.3. The zero-order valence-corrected chi connectivity index (χ0v) is 41.8. The van der Waals surface area contributed by atoms with Crippen molar-refractivity contribution >= 4 is 5.97 Å². The molecular formula is C59H104O4. The van der Waals surface area contributed by atoms with Gasteiger partial charge in [0.25, 0.3) is 0 Å². The lowest BCUT2D eigenvalue weighted by Gasteiger charge is -2.16. The molecule has 0 aliphatic carbocycles. The van der Waals surface area contributed by atoms with Gasteiger partial charge in [-0.05, 0) is 89.9 Å². The van der Waals surface area contributed by atoms with E-state index in [-0.39, 0.29) is 12.6 Å². The summed E-state index contributed by atoms with van der Waals surface area (Å²) in [5.74, 6) is -0.203. The number of carbonyl (C=O) groups excluding carboxylic acids is 1. The van der Waals surface area contributed by atoms with Gasteiger partial charge in [0.15, 0.2) is 0 Å². The number of esters is 1. The molecule has 4 nitrogen and oxygen atoms in total. The summed E-state index contributed by atoms with van der Waals surface area (Å²) < 4.78 is 11.2. The van der Waals surface area contributed by atoms with Gasteiger partial charge in [0.1, 0.15) is 6.10 Å². The van der Waals surface area contributed by atoms with Gasteiger partial charge in [0, 0.05) is 13.0 Å². The van der Waals surface area contributed by atoms with Gasteiger partial charge in [-0.25, -0.2) is 0 Å². The van der Waals surface area contributed by atoms with Crippen LogP contribution in [0.5, 0.6) is 0 Å². The molecule has 4 heteroatoms. The molecule has 0 spiro atoms. The van der Waals surface area contributed by atoms with Crippen molar-refractivity contribution in [2.24, 2.45) is 0 Å². The molecule has 0 bridgehead atoms. The zero-order chi connectivity index (χ0) is 45.5. The maximum absolute atomic E-state index is 12.3. The van der Waals surface area contributed by atoms with Gasteiger partial charge in [-0.3, -0.25) is 4.79 Å². The average Bonchev–Trinajstić information content (AvgIpc) is 3.29. The molecule has 63 heavy (non-hydrogen) atoms. The summed E-state index contributed by atoms with van der Waals surface area (Å²) >= 11 is 0. The maximum Gasteiger partial charge on any atom is 0.306 e. The van der Waals surface area contributed by atoms with Crippen LogP contribution in [0.1, 0.15) is 258 Å². The number of ether oxygens (including phenoxy) is 2. The molecule has 1 unspecified atom stereocenters. The number of hydrogen-bond acceptors (Lipinski definition) is 4. The molecule has 0 amide bonds. The predicted octanol–water partition coefficient (Wildman–Crippen LogP) is 18.7. The van der Waals surface area contributed by atoms with Gasteiger partial charge in [-0.2, -0.15) is 0 Å². The van der Waals surface area contributed by atoms with Crippen molar-refractivity contribution in [2.75, 3.05) is 19.8 Å². The van der Waals surface area contributed by atoms with Crippen LogP contribution in [-0.4, -0.2) is 37.0 Å². The Bertz CT molecular complexity index is 1110. The molecule has 0 aromatic heterocycles. The van der Waals surface area contributed by atoms with Crippen LogP contribution < -0.4 is 0 Å². The van der Waals surface area contributed by atoms with Crippen LogP contribution in [0, 0.1) is 0 Å². The quantitative estimate of drug-likeness (QED) is 0.0376. The predicted molar refractivity (Wildman–Crippen MR) is 279 cm³/mol.